The summed E-state index contributed by atoms with van der Waals surface area (Å²) in [5, 5.41) is 7.78. The van der Waals surface area contributed by atoms with Crippen LogP contribution in [-0.4, -0.2) is 28.3 Å². The van der Waals surface area contributed by atoms with Gasteiger partial charge in [0.05, 0.1) is 6.20 Å². The second-order valence-corrected chi connectivity index (χ2v) is 4.82. The van der Waals surface area contributed by atoms with Gasteiger partial charge in [0.25, 0.3) is 0 Å². The minimum absolute atomic E-state index is 0.403. The van der Waals surface area contributed by atoms with Crippen LogP contribution in [0, 0.1) is 6.92 Å². The van der Waals surface area contributed by atoms with Crippen molar-refractivity contribution in [2.45, 2.75) is 26.3 Å². The van der Waals surface area contributed by atoms with Crippen molar-refractivity contribution >= 4 is 11.8 Å². The molecule has 0 bridgehead atoms. The van der Waals surface area contributed by atoms with Crippen LogP contribution >= 0.6 is 11.8 Å². The molecule has 0 aliphatic carbocycles. The molecule has 4 heteroatoms. The molecule has 0 aromatic carbocycles. The van der Waals surface area contributed by atoms with Crippen LogP contribution in [0.2, 0.25) is 0 Å². The molecule has 0 aliphatic rings. The first-order valence-corrected chi connectivity index (χ1v) is 6.77. The number of aromatic nitrogens is 2. The zero-order chi connectivity index (χ0) is 11.3. The molecule has 86 valence electrons. The van der Waals surface area contributed by atoms with E-state index in [1.165, 1.54) is 23.4 Å². The predicted molar refractivity (Wildman–Crippen MR) is 67.4 cm³/mol. The van der Waals surface area contributed by atoms with Crippen molar-refractivity contribution < 1.29 is 0 Å². The average Bonchev–Trinajstić information content (AvgIpc) is 2.55. The lowest BCUT2D eigenvalue weighted by atomic mass is 10.1. The molecule has 1 N–H and O–H groups in total. The molecule has 0 saturated carbocycles. The van der Waals surface area contributed by atoms with E-state index in [0.29, 0.717) is 6.04 Å². The van der Waals surface area contributed by atoms with E-state index in [1.807, 2.05) is 29.7 Å². The van der Waals surface area contributed by atoms with E-state index in [-0.39, 0.29) is 0 Å². The third-order valence-electron chi connectivity index (χ3n) is 2.72. The Bertz CT molecular complexity index is 296. The lowest BCUT2D eigenvalue weighted by Crippen LogP contribution is -2.20. The van der Waals surface area contributed by atoms with Crippen LogP contribution < -0.4 is 5.32 Å². The lowest BCUT2D eigenvalue weighted by Gasteiger charge is -2.13. The molecular formula is C11H21N3S. The highest BCUT2D eigenvalue weighted by Gasteiger charge is 2.10. The number of thioether (sulfide) groups is 1. The van der Waals surface area contributed by atoms with E-state index in [0.717, 1.165) is 6.54 Å². The highest BCUT2D eigenvalue weighted by molar-refractivity contribution is 7.98. The van der Waals surface area contributed by atoms with Crippen molar-refractivity contribution in [2.75, 3.05) is 18.6 Å². The van der Waals surface area contributed by atoms with Gasteiger partial charge in [0.2, 0.25) is 0 Å². The Morgan fingerprint density at radius 1 is 1.60 bits per heavy atom. The fraction of sp³-hybridized carbons (Fsp3) is 0.727. The van der Waals surface area contributed by atoms with Crippen LogP contribution in [0.25, 0.3) is 0 Å². The van der Waals surface area contributed by atoms with Crippen LogP contribution in [0.15, 0.2) is 6.20 Å². The van der Waals surface area contributed by atoms with Gasteiger partial charge in [-0.3, -0.25) is 4.68 Å². The minimum Gasteiger partial charge on any atom is -0.310 e. The normalized spacial score (nSPS) is 13.1. The Hall–Kier alpha value is -0.480. The SMILES string of the molecule is CSCCCNC(C)c1cnn(C)c1C. The maximum Gasteiger partial charge on any atom is 0.0540 e. The first-order valence-electron chi connectivity index (χ1n) is 5.37. The maximum absolute atomic E-state index is 4.25. The zero-order valence-corrected chi connectivity index (χ0v) is 10.9. The fourth-order valence-corrected chi connectivity index (χ4v) is 2.02. The summed E-state index contributed by atoms with van der Waals surface area (Å²) in [6.07, 6.45) is 5.33. The molecule has 0 aliphatic heterocycles. The van der Waals surface area contributed by atoms with Gasteiger partial charge in [0.1, 0.15) is 0 Å². The van der Waals surface area contributed by atoms with Crippen molar-refractivity contribution in [3.8, 4) is 0 Å². The van der Waals surface area contributed by atoms with Crippen LogP contribution in [0.3, 0.4) is 0 Å². The first-order chi connectivity index (χ1) is 7.16. The molecule has 1 atom stereocenters. The molecular weight excluding hydrogens is 206 g/mol. The van der Waals surface area contributed by atoms with Crippen molar-refractivity contribution in [2.24, 2.45) is 7.05 Å². The van der Waals surface area contributed by atoms with Crippen molar-refractivity contribution in [1.29, 1.82) is 0 Å². The molecule has 0 radical (unpaired) electrons. The summed E-state index contributed by atoms with van der Waals surface area (Å²) >= 11 is 1.90. The zero-order valence-electron chi connectivity index (χ0n) is 10.1. The minimum atomic E-state index is 0.403. The highest BCUT2D eigenvalue weighted by atomic mass is 32.2. The van der Waals surface area contributed by atoms with Gasteiger partial charge in [-0.15, -0.1) is 0 Å². The summed E-state index contributed by atoms with van der Waals surface area (Å²) in [4.78, 5) is 0. The van der Waals surface area contributed by atoms with Gasteiger partial charge < -0.3 is 5.32 Å². The number of nitrogens with zero attached hydrogens (tertiary/aromatic N) is 2. The number of hydrogen-bond acceptors (Lipinski definition) is 3. The van der Waals surface area contributed by atoms with Gasteiger partial charge in [-0.05, 0) is 38.8 Å². The van der Waals surface area contributed by atoms with Crippen molar-refractivity contribution in [3.05, 3.63) is 17.5 Å². The molecule has 1 unspecified atom stereocenters. The molecule has 3 nitrogen and oxygen atoms in total. The summed E-state index contributed by atoms with van der Waals surface area (Å²) < 4.78 is 1.93. The van der Waals surface area contributed by atoms with Gasteiger partial charge in [0.15, 0.2) is 0 Å². The summed E-state index contributed by atoms with van der Waals surface area (Å²) in [6, 6.07) is 0.403. The molecule has 1 heterocycles. The molecule has 1 aromatic rings. The fourth-order valence-electron chi connectivity index (χ4n) is 1.59. The quantitative estimate of drug-likeness (QED) is 0.755. The monoisotopic (exact) mass is 227 g/mol. The highest BCUT2D eigenvalue weighted by Crippen LogP contribution is 2.15. The second-order valence-electron chi connectivity index (χ2n) is 3.83. The van der Waals surface area contributed by atoms with E-state index < -0.39 is 0 Å². The number of rotatable bonds is 6. The number of aryl methyl sites for hydroxylation is 1. The smallest absolute Gasteiger partial charge is 0.0540 e. The van der Waals surface area contributed by atoms with Gasteiger partial charge in [-0.2, -0.15) is 16.9 Å². The Kier molecular flexibility index (Phi) is 5.19. The Morgan fingerprint density at radius 3 is 2.87 bits per heavy atom. The third kappa shape index (κ3) is 3.54. The van der Waals surface area contributed by atoms with Gasteiger partial charge in [-0.1, -0.05) is 0 Å². The van der Waals surface area contributed by atoms with E-state index in [2.05, 4.69) is 30.5 Å². The molecule has 0 saturated heterocycles. The molecule has 1 aromatic heterocycles. The Labute approximate surface area is 96.6 Å². The summed E-state index contributed by atoms with van der Waals surface area (Å²) in [5.41, 5.74) is 2.56. The molecule has 0 amide bonds. The lowest BCUT2D eigenvalue weighted by molar-refractivity contribution is 0.568. The molecule has 0 spiro atoms. The van der Waals surface area contributed by atoms with E-state index in [4.69, 9.17) is 0 Å². The van der Waals surface area contributed by atoms with E-state index >= 15 is 0 Å². The summed E-state index contributed by atoms with van der Waals surface area (Å²) in [5.74, 6) is 1.23. The van der Waals surface area contributed by atoms with Crippen LogP contribution in [0.4, 0.5) is 0 Å². The summed E-state index contributed by atoms with van der Waals surface area (Å²) in [7, 11) is 1.99. The third-order valence-corrected chi connectivity index (χ3v) is 3.41. The maximum atomic E-state index is 4.25. The topological polar surface area (TPSA) is 29.9 Å². The van der Waals surface area contributed by atoms with Crippen LogP contribution in [0.1, 0.15) is 30.6 Å². The number of nitrogens with one attached hydrogen (secondary N) is 1. The average molecular weight is 227 g/mol. The Balaban J connectivity index is 2.40. The predicted octanol–water partition coefficient (Wildman–Crippen LogP) is 2.13. The van der Waals surface area contributed by atoms with Gasteiger partial charge >= 0.3 is 0 Å². The molecule has 15 heavy (non-hydrogen) atoms. The molecule has 0 fully saturated rings. The largest absolute Gasteiger partial charge is 0.310 e. The van der Waals surface area contributed by atoms with Gasteiger partial charge in [0, 0.05) is 24.3 Å². The van der Waals surface area contributed by atoms with E-state index in [1.54, 1.807) is 0 Å². The van der Waals surface area contributed by atoms with Gasteiger partial charge in [-0.25, -0.2) is 0 Å². The number of hydrogen-bond donors (Lipinski definition) is 1. The van der Waals surface area contributed by atoms with E-state index in [9.17, 15) is 0 Å². The first kappa shape index (κ1) is 12.6. The Morgan fingerprint density at radius 2 is 2.33 bits per heavy atom. The van der Waals surface area contributed by atoms with Crippen molar-refractivity contribution in [3.63, 3.8) is 0 Å². The summed E-state index contributed by atoms with van der Waals surface area (Å²) in [6.45, 7) is 5.39. The van der Waals surface area contributed by atoms with Crippen molar-refractivity contribution in [1.82, 2.24) is 15.1 Å². The van der Waals surface area contributed by atoms with Crippen LogP contribution in [-0.2, 0) is 7.05 Å². The van der Waals surface area contributed by atoms with Crippen LogP contribution in [0.5, 0.6) is 0 Å². The standard InChI is InChI=1S/C11H21N3S/c1-9(12-6-5-7-15-4)11-8-13-14(3)10(11)2/h8-9,12H,5-7H2,1-4H3. The molecule has 1 rings (SSSR count). The second kappa shape index (κ2) is 6.18.